The Hall–Kier alpha value is -2.68. The number of benzene rings is 2. The van der Waals surface area contributed by atoms with E-state index in [-0.39, 0.29) is 11.4 Å². The first-order valence-electron chi connectivity index (χ1n) is 6.98. The van der Waals surface area contributed by atoms with Crippen LogP contribution in [0.4, 0.5) is 33.3 Å². The number of amides is 2. The molecule has 0 saturated carbocycles. The van der Waals surface area contributed by atoms with E-state index in [1.54, 1.807) is 0 Å². The Morgan fingerprint density at radius 3 is 2.23 bits per heavy atom. The third-order valence-corrected chi connectivity index (χ3v) is 3.41. The molecule has 2 aromatic carbocycles. The van der Waals surface area contributed by atoms with Gasteiger partial charge in [0.2, 0.25) is 11.8 Å². The molecule has 2 amide bonds. The van der Waals surface area contributed by atoms with Crippen molar-refractivity contribution in [3.05, 3.63) is 58.6 Å². The van der Waals surface area contributed by atoms with E-state index >= 15 is 0 Å². The molecule has 0 bridgehead atoms. The highest BCUT2D eigenvalue weighted by molar-refractivity contribution is 6.31. The van der Waals surface area contributed by atoms with E-state index in [4.69, 9.17) is 11.6 Å². The molecule has 0 spiro atoms. The highest BCUT2D eigenvalue weighted by atomic mass is 35.5. The van der Waals surface area contributed by atoms with Crippen molar-refractivity contribution in [2.24, 2.45) is 0 Å². The number of alkyl halides is 3. The molecule has 26 heavy (non-hydrogen) atoms. The van der Waals surface area contributed by atoms with Gasteiger partial charge in [-0.15, -0.1) is 0 Å². The molecule has 0 unspecified atom stereocenters. The molecule has 0 aliphatic carbocycles. The first kappa shape index (κ1) is 19.6. The lowest BCUT2D eigenvalue weighted by Gasteiger charge is -2.12. The first-order valence-corrected chi connectivity index (χ1v) is 7.35. The minimum Gasteiger partial charge on any atom is -0.326 e. The van der Waals surface area contributed by atoms with Crippen LogP contribution in [0.5, 0.6) is 0 Å². The van der Waals surface area contributed by atoms with Gasteiger partial charge in [-0.3, -0.25) is 9.59 Å². The van der Waals surface area contributed by atoms with Gasteiger partial charge >= 0.3 is 6.18 Å². The van der Waals surface area contributed by atoms with Gasteiger partial charge in [-0.25, -0.2) is 8.78 Å². The summed E-state index contributed by atoms with van der Waals surface area (Å²) >= 11 is 5.46. The number of carbonyl (C=O) groups excluding carboxylic acids is 2. The van der Waals surface area contributed by atoms with Crippen LogP contribution in [0.2, 0.25) is 5.02 Å². The molecule has 0 radical (unpaired) electrons. The van der Waals surface area contributed by atoms with Crippen LogP contribution in [0.1, 0.15) is 12.0 Å². The first-order chi connectivity index (χ1) is 12.1. The molecule has 0 aromatic heterocycles. The van der Waals surface area contributed by atoms with Gasteiger partial charge < -0.3 is 10.6 Å². The topological polar surface area (TPSA) is 58.2 Å². The summed E-state index contributed by atoms with van der Waals surface area (Å²) < 4.78 is 64.5. The van der Waals surface area contributed by atoms with Crippen molar-refractivity contribution in [1.82, 2.24) is 0 Å². The average molecular weight is 393 g/mol. The highest BCUT2D eigenvalue weighted by Crippen LogP contribution is 2.36. The smallest absolute Gasteiger partial charge is 0.326 e. The molecule has 4 nitrogen and oxygen atoms in total. The fourth-order valence-corrected chi connectivity index (χ4v) is 2.18. The minimum atomic E-state index is -4.71. The van der Waals surface area contributed by atoms with E-state index in [1.807, 2.05) is 0 Å². The SMILES string of the molecule is O=C(CC(=O)Nc1ccc(F)cc1F)Nc1ccc(Cl)c(C(F)(F)F)c1. The van der Waals surface area contributed by atoms with E-state index in [9.17, 15) is 31.5 Å². The molecule has 2 rings (SSSR count). The number of nitrogens with one attached hydrogen (secondary N) is 2. The predicted molar refractivity (Wildman–Crippen MR) is 84.7 cm³/mol. The fourth-order valence-electron chi connectivity index (χ4n) is 1.96. The number of rotatable bonds is 4. The number of halogens is 6. The lowest BCUT2D eigenvalue weighted by atomic mass is 10.2. The van der Waals surface area contributed by atoms with Gasteiger partial charge in [-0.2, -0.15) is 13.2 Å². The van der Waals surface area contributed by atoms with Crippen LogP contribution in [-0.2, 0) is 15.8 Å². The normalized spacial score (nSPS) is 11.2. The summed E-state index contributed by atoms with van der Waals surface area (Å²) in [6, 6.07) is 5.13. The molecule has 0 fully saturated rings. The van der Waals surface area contributed by atoms with Crippen LogP contribution in [0.15, 0.2) is 36.4 Å². The molecule has 0 aliphatic rings. The molecule has 0 heterocycles. The molecule has 10 heteroatoms. The van der Waals surface area contributed by atoms with Crippen LogP contribution < -0.4 is 10.6 Å². The summed E-state index contributed by atoms with van der Waals surface area (Å²) in [5.41, 5.74) is -1.70. The Morgan fingerprint density at radius 2 is 1.62 bits per heavy atom. The highest BCUT2D eigenvalue weighted by Gasteiger charge is 2.33. The van der Waals surface area contributed by atoms with Crippen LogP contribution in [-0.4, -0.2) is 11.8 Å². The lowest BCUT2D eigenvalue weighted by Crippen LogP contribution is -2.22. The molecule has 138 valence electrons. The van der Waals surface area contributed by atoms with Gasteiger partial charge in [0.15, 0.2) is 0 Å². The van der Waals surface area contributed by atoms with E-state index in [0.29, 0.717) is 12.1 Å². The van der Waals surface area contributed by atoms with Gasteiger partial charge in [-0.1, -0.05) is 11.6 Å². The molecular formula is C16H10ClF5N2O2. The maximum Gasteiger partial charge on any atom is 0.417 e. The largest absolute Gasteiger partial charge is 0.417 e. The number of carbonyl (C=O) groups is 2. The van der Waals surface area contributed by atoms with Crippen LogP contribution in [0, 0.1) is 11.6 Å². The summed E-state index contributed by atoms with van der Waals surface area (Å²) in [5.74, 6) is -3.74. The van der Waals surface area contributed by atoms with Crippen molar-refractivity contribution in [3.8, 4) is 0 Å². The Bertz CT molecular complexity index is 855. The standard InChI is InChI=1S/C16H10ClF5N2O2/c17-11-3-2-9(6-10(11)16(20,21)22)23-14(25)7-15(26)24-13-4-1-8(18)5-12(13)19/h1-6H,7H2,(H,23,25)(H,24,26). The second-order valence-corrected chi connectivity index (χ2v) is 5.50. The van der Waals surface area contributed by atoms with E-state index in [1.165, 1.54) is 0 Å². The van der Waals surface area contributed by atoms with Crippen molar-refractivity contribution < 1.29 is 31.5 Å². The van der Waals surface area contributed by atoms with Gasteiger partial charge in [0.1, 0.15) is 18.1 Å². The van der Waals surface area contributed by atoms with Crippen molar-refractivity contribution in [3.63, 3.8) is 0 Å². The summed E-state index contributed by atoms with van der Waals surface area (Å²) in [7, 11) is 0. The maximum absolute atomic E-state index is 13.4. The second kappa shape index (κ2) is 7.69. The Kier molecular flexibility index (Phi) is 5.81. The van der Waals surface area contributed by atoms with Gasteiger partial charge in [0.05, 0.1) is 16.3 Å². The van der Waals surface area contributed by atoms with Crippen molar-refractivity contribution >= 4 is 34.8 Å². The number of hydrogen-bond acceptors (Lipinski definition) is 2. The van der Waals surface area contributed by atoms with Gasteiger partial charge in [-0.05, 0) is 30.3 Å². The molecule has 0 aliphatic heterocycles. The number of anilines is 2. The maximum atomic E-state index is 13.4. The second-order valence-electron chi connectivity index (χ2n) is 5.09. The monoisotopic (exact) mass is 392 g/mol. The summed E-state index contributed by atoms with van der Waals surface area (Å²) in [4.78, 5) is 23.5. The van der Waals surface area contributed by atoms with Crippen LogP contribution in [0.25, 0.3) is 0 Å². The molecule has 0 atom stereocenters. The summed E-state index contributed by atoms with van der Waals surface area (Å²) in [5, 5.41) is 3.62. The molecular weight excluding hydrogens is 383 g/mol. The molecule has 2 N–H and O–H groups in total. The van der Waals surface area contributed by atoms with Gasteiger partial charge in [0, 0.05) is 11.8 Å². The lowest BCUT2D eigenvalue weighted by molar-refractivity contribution is -0.137. The third-order valence-electron chi connectivity index (χ3n) is 3.08. The zero-order valence-corrected chi connectivity index (χ0v) is 13.5. The van der Waals surface area contributed by atoms with E-state index < -0.39 is 46.6 Å². The summed E-state index contributed by atoms with van der Waals surface area (Å²) in [6.07, 6.45) is -5.50. The fraction of sp³-hybridized carbons (Fsp3) is 0.125. The van der Waals surface area contributed by atoms with Crippen LogP contribution in [0.3, 0.4) is 0 Å². The molecule has 0 saturated heterocycles. The quantitative estimate of drug-likeness (QED) is 0.590. The van der Waals surface area contributed by atoms with Crippen molar-refractivity contribution in [1.29, 1.82) is 0 Å². The number of hydrogen-bond donors (Lipinski definition) is 2. The van der Waals surface area contributed by atoms with Crippen molar-refractivity contribution in [2.75, 3.05) is 10.6 Å². The van der Waals surface area contributed by atoms with E-state index in [2.05, 4.69) is 10.6 Å². The Morgan fingerprint density at radius 1 is 0.962 bits per heavy atom. The molecule has 2 aromatic rings. The Labute approximate surface area is 149 Å². The predicted octanol–water partition coefficient (Wildman–Crippen LogP) is 4.60. The minimum absolute atomic E-state index is 0.215. The van der Waals surface area contributed by atoms with E-state index in [0.717, 1.165) is 24.3 Å². The Balaban J connectivity index is 2.01. The zero-order chi connectivity index (χ0) is 19.5. The van der Waals surface area contributed by atoms with Crippen LogP contribution >= 0.6 is 11.6 Å². The zero-order valence-electron chi connectivity index (χ0n) is 12.8. The third kappa shape index (κ3) is 5.16. The van der Waals surface area contributed by atoms with Crippen molar-refractivity contribution in [2.45, 2.75) is 12.6 Å². The summed E-state index contributed by atoms with van der Waals surface area (Å²) in [6.45, 7) is 0. The van der Waals surface area contributed by atoms with Gasteiger partial charge in [0.25, 0.3) is 0 Å². The average Bonchev–Trinajstić information content (AvgIpc) is 2.50.